The summed E-state index contributed by atoms with van der Waals surface area (Å²) in [6.07, 6.45) is 2.02. The lowest BCUT2D eigenvalue weighted by atomic mass is 9.96. The topological polar surface area (TPSA) is 58.7 Å². The zero-order valence-corrected chi connectivity index (χ0v) is 12.3. The van der Waals surface area contributed by atoms with Crippen LogP contribution in [0.4, 0.5) is 0 Å². The Morgan fingerprint density at radius 2 is 2.00 bits per heavy atom. The van der Waals surface area contributed by atoms with Crippen LogP contribution in [0.1, 0.15) is 32.8 Å². The molecule has 0 aliphatic heterocycles. The van der Waals surface area contributed by atoms with Crippen LogP contribution in [-0.4, -0.2) is 27.4 Å². The highest BCUT2D eigenvalue weighted by Crippen LogP contribution is 2.15. The molecule has 1 rings (SSSR count). The molecule has 18 heavy (non-hydrogen) atoms. The molecule has 0 radical (unpaired) electrons. The van der Waals surface area contributed by atoms with E-state index in [0.717, 1.165) is 14.8 Å². The van der Waals surface area contributed by atoms with E-state index in [2.05, 4.69) is 21.1 Å². The standard InChI is InChI=1S/C13H17BrN2O2/c1-4-12(15-17)13(2,3)16(18)9-10-5-7-11(14)8-6-10/h5-9,17H,4H2,1-3H3/b15-12+,16-9-. The summed E-state index contributed by atoms with van der Waals surface area (Å²) in [5.41, 5.74) is 0.386. The van der Waals surface area contributed by atoms with Crippen molar-refractivity contribution in [2.75, 3.05) is 0 Å². The average molecular weight is 313 g/mol. The number of benzene rings is 1. The lowest BCUT2D eigenvalue weighted by Gasteiger charge is -2.24. The van der Waals surface area contributed by atoms with Crippen molar-refractivity contribution in [3.8, 4) is 0 Å². The molecule has 0 heterocycles. The van der Waals surface area contributed by atoms with Gasteiger partial charge in [0, 0.05) is 23.9 Å². The van der Waals surface area contributed by atoms with Gasteiger partial charge in [-0.1, -0.05) is 28.0 Å². The number of rotatable bonds is 4. The van der Waals surface area contributed by atoms with Crippen LogP contribution >= 0.6 is 15.9 Å². The predicted molar refractivity (Wildman–Crippen MR) is 76.5 cm³/mol. The van der Waals surface area contributed by atoms with E-state index in [1.54, 1.807) is 13.8 Å². The van der Waals surface area contributed by atoms with Gasteiger partial charge in [0.1, 0.15) is 5.71 Å². The lowest BCUT2D eigenvalue weighted by Crippen LogP contribution is -2.41. The van der Waals surface area contributed by atoms with Gasteiger partial charge in [-0.05, 0) is 30.7 Å². The first-order valence-corrected chi connectivity index (χ1v) is 6.49. The third kappa shape index (κ3) is 3.32. The summed E-state index contributed by atoms with van der Waals surface area (Å²) in [6, 6.07) is 7.42. The fourth-order valence-electron chi connectivity index (χ4n) is 1.60. The molecule has 0 saturated carbocycles. The van der Waals surface area contributed by atoms with Crippen molar-refractivity contribution in [3.05, 3.63) is 39.5 Å². The fraction of sp³-hybridized carbons (Fsp3) is 0.385. The zero-order chi connectivity index (χ0) is 13.8. The van der Waals surface area contributed by atoms with Gasteiger partial charge in [0.2, 0.25) is 5.54 Å². The maximum Gasteiger partial charge on any atom is 0.208 e. The highest BCUT2D eigenvalue weighted by Gasteiger charge is 2.32. The average Bonchev–Trinajstić information content (AvgIpc) is 2.33. The molecule has 0 aromatic heterocycles. The molecule has 0 spiro atoms. The molecule has 0 amide bonds. The van der Waals surface area contributed by atoms with Crippen LogP contribution in [-0.2, 0) is 0 Å². The van der Waals surface area contributed by atoms with E-state index in [1.165, 1.54) is 6.21 Å². The third-order valence-corrected chi connectivity index (χ3v) is 3.38. The minimum Gasteiger partial charge on any atom is -0.623 e. The number of oxime groups is 1. The number of hydroxylamine groups is 1. The molecule has 0 aliphatic rings. The van der Waals surface area contributed by atoms with Gasteiger partial charge in [-0.25, -0.2) is 4.74 Å². The Labute approximate surface area is 115 Å². The van der Waals surface area contributed by atoms with Crippen molar-refractivity contribution in [2.45, 2.75) is 32.7 Å². The van der Waals surface area contributed by atoms with Gasteiger partial charge in [0.05, 0.1) is 0 Å². The molecule has 1 N–H and O–H groups in total. The van der Waals surface area contributed by atoms with Gasteiger partial charge in [-0.3, -0.25) is 0 Å². The number of hydrogen-bond acceptors (Lipinski definition) is 3. The van der Waals surface area contributed by atoms with E-state index in [0.29, 0.717) is 12.1 Å². The van der Waals surface area contributed by atoms with Crippen molar-refractivity contribution in [2.24, 2.45) is 5.16 Å². The van der Waals surface area contributed by atoms with Crippen LogP contribution < -0.4 is 0 Å². The Morgan fingerprint density at radius 1 is 1.44 bits per heavy atom. The van der Waals surface area contributed by atoms with Crippen molar-refractivity contribution in [1.82, 2.24) is 0 Å². The van der Waals surface area contributed by atoms with Crippen LogP contribution in [0, 0.1) is 5.21 Å². The summed E-state index contributed by atoms with van der Waals surface area (Å²) in [5.74, 6) is 0. The Balaban J connectivity index is 3.05. The molecule has 5 heteroatoms. The first kappa shape index (κ1) is 14.7. The van der Waals surface area contributed by atoms with Crippen LogP contribution in [0.25, 0.3) is 0 Å². The molecule has 98 valence electrons. The SMILES string of the molecule is CC/C(=N\O)C(C)(C)/[N+]([O-])=C/c1ccc(Br)cc1. The lowest BCUT2D eigenvalue weighted by molar-refractivity contribution is -0.512. The monoisotopic (exact) mass is 312 g/mol. The van der Waals surface area contributed by atoms with Crippen molar-refractivity contribution in [1.29, 1.82) is 0 Å². The van der Waals surface area contributed by atoms with E-state index >= 15 is 0 Å². The van der Waals surface area contributed by atoms with E-state index in [9.17, 15) is 5.21 Å². The normalized spacial score (nSPS) is 13.8. The van der Waals surface area contributed by atoms with Gasteiger partial charge in [0.15, 0.2) is 6.21 Å². The second kappa shape index (κ2) is 6.00. The van der Waals surface area contributed by atoms with E-state index in [4.69, 9.17) is 5.21 Å². The van der Waals surface area contributed by atoms with Gasteiger partial charge >= 0.3 is 0 Å². The Morgan fingerprint density at radius 3 is 2.44 bits per heavy atom. The molecule has 0 unspecified atom stereocenters. The molecule has 1 aromatic rings. The highest BCUT2D eigenvalue weighted by atomic mass is 79.9. The van der Waals surface area contributed by atoms with Gasteiger partial charge in [0.25, 0.3) is 0 Å². The maximum atomic E-state index is 12.1. The van der Waals surface area contributed by atoms with Crippen LogP contribution in [0.3, 0.4) is 0 Å². The fourth-order valence-corrected chi connectivity index (χ4v) is 1.86. The molecule has 0 saturated heterocycles. The minimum atomic E-state index is -0.865. The molecule has 1 aromatic carbocycles. The second-order valence-electron chi connectivity index (χ2n) is 4.47. The number of hydrogen-bond donors (Lipinski definition) is 1. The summed E-state index contributed by atoms with van der Waals surface area (Å²) in [5, 5.41) is 24.3. The predicted octanol–water partition coefficient (Wildman–Crippen LogP) is 3.40. The van der Waals surface area contributed by atoms with E-state index in [-0.39, 0.29) is 0 Å². The van der Waals surface area contributed by atoms with E-state index < -0.39 is 5.54 Å². The maximum absolute atomic E-state index is 12.1. The highest BCUT2D eigenvalue weighted by molar-refractivity contribution is 9.10. The summed E-state index contributed by atoms with van der Waals surface area (Å²) in [4.78, 5) is 0. The largest absolute Gasteiger partial charge is 0.623 e. The Bertz CT molecular complexity index is 464. The molecule has 0 atom stereocenters. The van der Waals surface area contributed by atoms with E-state index in [1.807, 2.05) is 31.2 Å². The summed E-state index contributed by atoms with van der Waals surface area (Å²) in [6.45, 7) is 5.31. The molecule has 0 fully saturated rings. The molecular weight excluding hydrogens is 296 g/mol. The first-order chi connectivity index (χ1) is 8.41. The third-order valence-electron chi connectivity index (χ3n) is 2.85. The molecular formula is C13H17BrN2O2. The minimum absolute atomic E-state index is 0.450. The van der Waals surface area contributed by atoms with Gasteiger partial charge < -0.3 is 10.4 Å². The first-order valence-electron chi connectivity index (χ1n) is 5.70. The summed E-state index contributed by atoms with van der Waals surface area (Å²) < 4.78 is 1.77. The van der Waals surface area contributed by atoms with Crippen LogP contribution in [0.2, 0.25) is 0 Å². The van der Waals surface area contributed by atoms with Crippen LogP contribution in [0.15, 0.2) is 33.9 Å². The van der Waals surface area contributed by atoms with Crippen LogP contribution in [0.5, 0.6) is 0 Å². The number of nitrogens with zero attached hydrogens (tertiary/aromatic N) is 2. The van der Waals surface area contributed by atoms with Crippen molar-refractivity contribution >= 4 is 27.9 Å². The molecule has 0 aliphatic carbocycles. The van der Waals surface area contributed by atoms with Crippen molar-refractivity contribution < 1.29 is 9.95 Å². The molecule has 4 nitrogen and oxygen atoms in total. The Kier molecular flexibility index (Phi) is 4.90. The van der Waals surface area contributed by atoms with Crippen molar-refractivity contribution in [3.63, 3.8) is 0 Å². The Hall–Kier alpha value is -1.36. The second-order valence-corrected chi connectivity index (χ2v) is 5.38. The van der Waals surface area contributed by atoms with Gasteiger partial charge in [-0.15, -0.1) is 0 Å². The smallest absolute Gasteiger partial charge is 0.208 e. The number of halogens is 1. The summed E-state index contributed by atoms with van der Waals surface area (Å²) in [7, 11) is 0. The summed E-state index contributed by atoms with van der Waals surface area (Å²) >= 11 is 3.34. The quantitative estimate of drug-likeness (QED) is 0.304. The zero-order valence-electron chi connectivity index (χ0n) is 10.7. The molecule has 0 bridgehead atoms. The van der Waals surface area contributed by atoms with Gasteiger partial charge in [-0.2, -0.15) is 0 Å².